The van der Waals surface area contributed by atoms with Crippen LogP contribution in [0, 0.1) is 12.8 Å². The second kappa shape index (κ2) is 12.9. The summed E-state index contributed by atoms with van der Waals surface area (Å²) in [4.78, 5) is 25.8. The molecule has 192 valence electrons. The van der Waals surface area contributed by atoms with Gasteiger partial charge in [0.15, 0.2) is 0 Å². The molecule has 0 radical (unpaired) electrons. The summed E-state index contributed by atoms with van der Waals surface area (Å²) in [6.07, 6.45) is 5.08. The lowest BCUT2D eigenvalue weighted by atomic mass is 9.88. The van der Waals surface area contributed by atoms with E-state index in [1.54, 1.807) is 5.01 Å². The molecular formula is C25H39N7O2S. The highest BCUT2D eigenvalue weighted by Crippen LogP contribution is 2.32. The number of aryl methyl sites for hydroxylation is 1. The van der Waals surface area contributed by atoms with Crippen LogP contribution in [0.25, 0.3) is 0 Å². The van der Waals surface area contributed by atoms with E-state index in [2.05, 4.69) is 58.4 Å². The lowest BCUT2D eigenvalue weighted by Crippen LogP contribution is -2.37. The van der Waals surface area contributed by atoms with E-state index in [1.807, 2.05) is 24.9 Å². The first-order valence-electron chi connectivity index (χ1n) is 12.3. The van der Waals surface area contributed by atoms with Crippen LogP contribution < -0.4 is 21.5 Å². The Balaban J connectivity index is 1.51. The van der Waals surface area contributed by atoms with E-state index in [0.29, 0.717) is 31.3 Å². The van der Waals surface area contributed by atoms with Crippen molar-refractivity contribution >= 4 is 30.6 Å². The van der Waals surface area contributed by atoms with E-state index in [9.17, 15) is 9.59 Å². The Hall–Kier alpha value is -2.56. The molecule has 0 saturated carbocycles. The highest BCUT2D eigenvalue weighted by atomic mass is 32.1. The van der Waals surface area contributed by atoms with Crippen LogP contribution in [0.1, 0.15) is 48.9 Å². The van der Waals surface area contributed by atoms with Gasteiger partial charge in [-0.2, -0.15) is 5.10 Å². The third kappa shape index (κ3) is 7.98. The lowest BCUT2D eigenvalue weighted by molar-refractivity contribution is -0.121. The van der Waals surface area contributed by atoms with Gasteiger partial charge in [0.2, 0.25) is 12.3 Å². The van der Waals surface area contributed by atoms with Crippen molar-refractivity contribution in [2.45, 2.75) is 57.0 Å². The van der Waals surface area contributed by atoms with Gasteiger partial charge in [0.25, 0.3) is 0 Å². The van der Waals surface area contributed by atoms with Crippen molar-refractivity contribution in [1.82, 2.24) is 25.3 Å². The van der Waals surface area contributed by atoms with Crippen molar-refractivity contribution in [1.29, 1.82) is 0 Å². The number of carbonyl (C=O) groups excluding carboxylic acids is 2. The highest BCUT2D eigenvalue weighted by molar-refractivity contribution is 7.80. The fourth-order valence-electron chi connectivity index (χ4n) is 4.71. The zero-order chi connectivity index (χ0) is 25.4. The van der Waals surface area contributed by atoms with Gasteiger partial charge in [-0.3, -0.25) is 14.3 Å². The zero-order valence-electron chi connectivity index (χ0n) is 21.0. The summed E-state index contributed by atoms with van der Waals surface area (Å²) >= 11 is 4.44. The summed E-state index contributed by atoms with van der Waals surface area (Å²) in [7, 11) is 1.82. The first kappa shape index (κ1) is 27.0. The SMILES string of the molecule is Cc1nn(CC(C)CN2CCC(c3ccc(CNC(=O)CCNC=O)c(N(C)N)c3)CC2)cc1S. The normalized spacial score (nSPS) is 15.6. The van der Waals surface area contributed by atoms with E-state index < -0.39 is 0 Å². The quantitative estimate of drug-likeness (QED) is 0.117. The van der Waals surface area contributed by atoms with E-state index in [0.717, 1.165) is 60.9 Å². The van der Waals surface area contributed by atoms with Gasteiger partial charge >= 0.3 is 0 Å². The molecule has 1 aliphatic rings. The molecule has 3 rings (SSSR count). The number of anilines is 1. The van der Waals surface area contributed by atoms with Crippen molar-refractivity contribution < 1.29 is 9.59 Å². The molecule has 1 aromatic heterocycles. The number of nitrogens with one attached hydrogen (secondary N) is 2. The third-order valence-corrected chi connectivity index (χ3v) is 7.03. The number of benzene rings is 1. The molecule has 2 aromatic rings. The highest BCUT2D eigenvalue weighted by Gasteiger charge is 2.23. The van der Waals surface area contributed by atoms with Crippen LogP contribution in [0.4, 0.5) is 5.69 Å². The van der Waals surface area contributed by atoms with Gasteiger partial charge in [-0.1, -0.05) is 19.1 Å². The average molecular weight is 502 g/mol. The molecule has 2 amide bonds. The second-order valence-corrected chi connectivity index (χ2v) is 10.1. The third-order valence-electron chi connectivity index (χ3n) is 6.59. The molecule has 1 atom stereocenters. The van der Waals surface area contributed by atoms with Gasteiger partial charge in [0.1, 0.15) is 0 Å². The number of nitrogens with two attached hydrogens (primary N) is 1. The van der Waals surface area contributed by atoms with Crippen molar-refractivity contribution in [2.24, 2.45) is 11.8 Å². The number of amides is 2. The van der Waals surface area contributed by atoms with E-state index in [-0.39, 0.29) is 12.3 Å². The smallest absolute Gasteiger partial charge is 0.222 e. The first-order chi connectivity index (χ1) is 16.8. The summed E-state index contributed by atoms with van der Waals surface area (Å²) in [6.45, 7) is 9.11. The van der Waals surface area contributed by atoms with Crippen molar-refractivity contribution in [3.8, 4) is 0 Å². The predicted octanol–water partition coefficient (Wildman–Crippen LogP) is 2.06. The summed E-state index contributed by atoms with van der Waals surface area (Å²) in [5, 5.41) is 11.5. The van der Waals surface area contributed by atoms with Crippen LogP contribution >= 0.6 is 12.6 Å². The number of hydrogen-bond acceptors (Lipinski definition) is 7. The van der Waals surface area contributed by atoms with Crippen LogP contribution in [0.15, 0.2) is 29.3 Å². The Bertz CT molecular complexity index is 967. The molecule has 1 saturated heterocycles. The summed E-state index contributed by atoms with van der Waals surface area (Å²) < 4.78 is 2.01. The molecule has 4 N–H and O–H groups in total. The van der Waals surface area contributed by atoms with Crippen molar-refractivity contribution in [2.75, 3.05) is 38.2 Å². The maximum Gasteiger partial charge on any atom is 0.222 e. The van der Waals surface area contributed by atoms with Crippen molar-refractivity contribution in [3.63, 3.8) is 0 Å². The number of aromatic nitrogens is 2. The molecule has 35 heavy (non-hydrogen) atoms. The molecule has 0 spiro atoms. The number of thiol groups is 1. The van der Waals surface area contributed by atoms with Gasteiger partial charge < -0.3 is 20.5 Å². The molecule has 1 unspecified atom stereocenters. The molecule has 2 heterocycles. The van der Waals surface area contributed by atoms with Gasteiger partial charge in [0, 0.05) is 50.7 Å². The van der Waals surface area contributed by atoms with Gasteiger partial charge in [-0.25, -0.2) is 5.84 Å². The topological polar surface area (TPSA) is 109 Å². The van der Waals surface area contributed by atoms with Crippen LogP contribution in [-0.2, 0) is 22.7 Å². The minimum absolute atomic E-state index is 0.107. The van der Waals surface area contributed by atoms with Crippen LogP contribution in [0.2, 0.25) is 0 Å². The number of piperidine rings is 1. The van der Waals surface area contributed by atoms with E-state index >= 15 is 0 Å². The molecular weight excluding hydrogens is 462 g/mol. The summed E-state index contributed by atoms with van der Waals surface area (Å²) in [6, 6.07) is 6.39. The van der Waals surface area contributed by atoms with Gasteiger partial charge in [0.05, 0.1) is 11.4 Å². The van der Waals surface area contributed by atoms with Crippen LogP contribution in [-0.4, -0.2) is 60.2 Å². The van der Waals surface area contributed by atoms with Gasteiger partial charge in [-0.05, 0) is 61.9 Å². The fraction of sp³-hybridized carbons (Fsp3) is 0.560. The zero-order valence-corrected chi connectivity index (χ0v) is 21.9. The molecule has 1 aliphatic heterocycles. The molecule has 10 heteroatoms. The van der Waals surface area contributed by atoms with Crippen LogP contribution in [0.3, 0.4) is 0 Å². The number of hydrazine groups is 1. The Labute approximate surface area is 213 Å². The molecule has 9 nitrogen and oxygen atoms in total. The number of likely N-dealkylation sites (tertiary alicyclic amines) is 1. The fourth-order valence-corrected chi connectivity index (χ4v) is 4.89. The maximum atomic E-state index is 12.0. The Morgan fingerprint density at radius 1 is 1.34 bits per heavy atom. The Morgan fingerprint density at radius 2 is 2.09 bits per heavy atom. The number of hydrogen-bond donors (Lipinski definition) is 4. The first-order valence-corrected chi connectivity index (χ1v) is 12.7. The predicted molar refractivity (Wildman–Crippen MR) is 141 cm³/mol. The largest absolute Gasteiger partial charge is 0.358 e. The minimum Gasteiger partial charge on any atom is -0.358 e. The van der Waals surface area contributed by atoms with E-state index in [1.165, 1.54) is 5.56 Å². The molecule has 1 aromatic carbocycles. The average Bonchev–Trinajstić information content (AvgIpc) is 3.14. The number of rotatable bonds is 12. The van der Waals surface area contributed by atoms with Crippen molar-refractivity contribution in [3.05, 3.63) is 41.2 Å². The summed E-state index contributed by atoms with van der Waals surface area (Å²) in [5.41, 5.74) is 4.16. The molecule has 1 fully saturated rings. The Kier molecular flexibility index (Phi) is 10.00. The van der Waals surface area contributed by atoms with E-state index in [4.69, 9.17) is 5.84 Å². The molecule has 0 bridgehead atoms. The maximum absolute atomic E-state index is 12.0. The standard InChI is InChI=1S/C25H39N7O2S/c1-18(15-32-16-24(35)19(2)29-32)14-31-10-7-20(8-11-31)21-4-5-22(23(12-21)30(3)26)13-28-25(34)6-9-27-17-33/h4-5,12,16-18,20,35H,6-11,13-15,26H2,1-3H3,(H,27,33)(H,28,34). The monoisotopic (exact) mass is 501 g/mol. The second-order valence-electron chi connectivity index (χ2n) is 9.60. The number of carbonyl (C=O) groups is 2. The molecule has 0 aliphatic carbocycles. The van der Waals surface area contributed by atoms with Gasteiger partial charge in [-0.15, -0.1) is 12.6 Å². The lowest BCUT2D eigenvalue weighted by Gasteiger charge is -2.34. The summed E-state index contributed by atoms with van der Waals surface area (Å²) in [5.74, 6) is 7.03. The minimum atomic E-state index is -0.107. The van der Waals surface area contributed by atoms with Crippen LogP contribution in [0.5, 0.6) is 0 Å². The number of nitrogens with zero attached hydrogens (tertiary/aromatic N) is 4. The Morgan fingerprint density at radius 3 is 2.71 bits per heavy atom.